The van der Waals surface area contributed by atoms with Gasteiger partial charge in [-0.1, -0.05) is 17.7 Å². The summed E-state index contributed by atoms with van der Waals surface area (Å²) in [6.45, 7) is 0.438. The number of amides is 1. The van der Waals surface area contributed by atoms with Crippen LogP contribution in [-0.4, -0.2) is 27.8 Å². The maximum absolute atomic E-state index is 11.1. The Morgan fingerprint density at radius 3 is 2.94 bits per heavy atom. The van der Waals surface area contributed by atoms with E-state index in [0.29, 0.717) is 11.6 Å². The summed E-state index contributed by atoms with van der Waals surface area (Å²) in [5.74, 6) is 0. The van der Waals surface area contributed by atoms with Crippen molar-refractivity contribution in [2.24, 2.45) is 0 Å². The first kappa shape index (κ1) is 12.2. The number of hydrogen-bond acceptors (Lipinski definition) is 2. The third kappa shape index (κ3) is 2.37. The molecule has 1 saturated heterocycles. The molecule has 92 valence electrons. The third-order valence-electron chi connectivity index (χ3n) is 3.14. The molecule has 2 rings (SSSR count). The van der Waals surface area contributed by atoms with Crippen molar-refractivity contribution in [1.29, 1.82) is 0 Å². The monoisotopic (exact) mass is 255 g/mol. The number of benzene rings is 1. The molecule has 0 bridgehead atoms. The first-order chi connectivity index (χ1) is 8.13. The van der Waals surface area contributed by atoms with Gasteiger partial charge in [-0.25, -0.2) is 4.79 Å². The average Bonchev–Trinajstić information content (AvgIpc) is 2.77. The van der Waals surface area contributed by atoms with Crippen LogP contribution in [0.2, 0.25) is 5.02 Å². The Morgan fingerprint density at radius 1 is 1.53 bits per heavy atom. The van der Waals surface area contributed by atoms with Gasteiger partial charge in [-0.3, -0.25) is 0 Å². The highest BCUT2D eigenvalue weighted by Gasteiger charge is 2.31. The minimum Gasteiger partial charge on any atom is -0.465 e. The molecule has 1 heterocycles. The van der Waals surface area contributed by atoms with Gasteiger partial charge in [0.25, 0.3) is 0 Å². The molecule has 4 nitrogen and oxygen atoms in total. The molecule has 0 aromatic heterocycles. The van der Waals surface area contributed by atoms with E-state index in [1.807, 2.05) is 0 Å². The molecule has 0 saturated carbocycles. The molecular weight excluding hydrogens is 242 g/mol. The molecule has 0 aliphatic carbocycles. The van der Waals surface area contributed by atoms with E-state index in [1.54, 1.807) is 18.2 Å². The number of nitrogens with zero attached hydrogens (tertiary/aromatic N) is 1. The first-order valence-corrected chi connectivity index (χ1v) is 5.90. The second-order valence-corrected chi connectivity index (χ2v) is 4.57. The molecule has 1 amide bonds. The Kier molecular flexibility index (Phi) is 3.54. The first-order valence-electron chi connectivity index (χ1n) is 5.52. The van der Waals surface area contributed by atoms with Crippen molar-refractivity contribution in [2.45, 2.75) is 25.5 Å². The smallest absolute Gasteiger partial charge is 0.407 e. The van der Waals surface area contributed by atoms with Crippen molar-refractivity contribution in [3.05, 3.63) is 34.3 Å². The van der Waals surface area contributed by atoms with E-state index < -0.39 is 6.09 Å². The largest absolute Gasteiger partial charge is 0.465 e. The van der Waals surface area contributed by atoms with Crippen LogP contribution in [0.5, 0.6) is 0 Å². The molecule has 1 aromatic carbocycles. The Hall–Kier alpha value is -1.26. The number of carbonyl (C=O) groups is 1. The predicted molar refractivity (Wildman–Crippen MR) is 64.1 cm³/mol. The van der Waals surface area contributed by atoms with Crippen LogP contribution in [0.1, 0.15) is 30.0 Å². The number of halogens is 1. The van der Waals surface area contributed by atoms with Crippen molar-refractivity contribution < 1.29 is 15.0 Å². The van der Waals surface area contributed by atoms with Crippen LogP contribution in [0.15, 0.2) is 18.2 Å². The van der Waals surface area contributed by atoms with E-state index in [-0.39, 0.29) is 12.6 Å². The molecule has 1 aliphatic heterocycles. The lowest BCUT2D eigenvalue weighted by Gasteiger charge is -2.23. The van der Waals surface area contributed by atoms with Crippen LogP contribution in [0.4, 0.5) is 4.79 Å². The zero-order valence-electron chi connectivity index (χ0n) is 9.27. The third-order valence-corrected chi connectivity index (χ3v) is 3.37. The fourth-order valence-corrected chi connectivity index (χ4v) is 2.52. The summed E-state index contributed by atoms with van der Waals surface area (Å²) in [5, 5.41) is 19.0. The number of hydrogen-bond donors (Lipinski definition) is 2. The van der Waals surface area contributed by atoms with Crippen molar-refractivity contribution in [3.8, 4) is 0 Å². The summed E-state index contributed by atoms with van der Waals surface area (Å²) in [7, 11) is 0. The molecule has 17 heavy (non-hydrogen) atoms. The van der Waals surface area contributed by atoms with Gasteiger partial charge >= 0.3 is 6.09 Å². The van der Waals surface area contributed by atoms with E-state index in [4.69, 9.17) is 16.7 Å². The fourth-order valence-electron chi connectivity index (χ4n) is 2.34. The summed E-state index contributed by atoms with van der Waals surface area (Å²) in [4.78, 5) is 12.5. The molecule has 1 aromatic rings. The lowest BCUT2D eigenvalue weighted by molar-refractivity contribution is 0.139. The second-order valence-electron chi connectivity index (χ2n) is 4.14. The van der Waals surface area contributed by atoms with Gasteiger partial charge in [-0.15, -0.1) is 0 Å². The maximum atomic E-state index is 11.1. The summed E-state index contributed by atoms with van der Waals surface area (Å²) < 4.78 is 0. The summed E-state index contributed by atoms with van der Waals surface area (Å²) in [5.41, 5.74) is 1.56. The fraction of sp³-hybridized carbons (Fsp3) is 0.417. The predicted octanol–water partition coefficient (Wildman–Crippen LogP) is 2.65. The average molecular weight is 256 g/mol. The van der Waals surface area contributed by atoms with Gasteiger partial charge in [0.2, 0.25) is 0 Å². The van der Waals surface area contributed by atoms with Gasteiger partial charge in [0, 0.05) is 11.6 Å². The highest BCUT2D eigenvalue weighted by Crippen LogP contribution is 2.35. The quantitative estimate of drug-likeness (QED) is 0.854. The molecular formula is C12H14ClNO3. The van der Waals surface area contributed by atoms with Gasteiger partial charge < -0.3 is 15.1 Å². The Morgan fingerprint density at radius 2 is 2.29 bits per heavy atom. The van der Waals surface area contributed by atoms with Gasteiger partial charge in [-0.2, -0.15) is 0 Å². The minimum atomic E-state index is -0.920. The standard InChI is InChI=1S/C12H14ClNO3/c13-9-4-3-8(7-15)10(6-9)11-2-1-5-14(11)12(16)17/h3-4,6,11,15H,1-2,5,7H2,(H,16,17). The zero-order valence-corrected chi connectivity index (χ0v) is 10.0. The Labute approximate surface area is 104 Å². The molecule has 2 N–H and O–H groups in total. The van der Waals surface area contributed by atoms with Crippen molar-refractivity contribution >= 4 is 17.7 Å². The van der Waals surface area contributed by atoms with E-state index in [0.717, 1.165) is 24.0 Å². The van der Waals surface area contributed by atoms with Crippen molar-refractivity contribution in [2.75, 3.05) is 6.54 Å². The number of aliphatic hydroxyl groups excluding tert-OH is 1. The molecule has 1 aliphatic rings. The number of rotatable bonds is 2. The number of carboxylic acid groups (broad SMARTS) is 1. The Balaban J connectivity index is 2.38. The molecule has 1 atom stereocenters. The van der Waals surface area contributed by atoms with Crippen LogP contribution in [0.3, 0.4) is 0 Å². The number of likely N-dealkylation sites (tertiary alicyclic amines) is 1. The molecule has 0 radical (unpaired) electrons. The van der Waals surface area contributed by atoms with Crippen molar-refractivity contribution in [1.82, 2.24) is 4.90 Å². The number of aliphatic hydroxyl groups is 1. The van der Waals surface area contributed by atoms with Gasteiger partial charge in [0.15, 0.2) is 0 Å². The molecule has 1 fully saturated rings. The van der Waals surface area contributed by atoms with E-state index >= 15 is 0 Å². The van der Waals surface area contributed by atoms with Gasteiger partial charge in [0.1, 0.15) is 0 Å². The van der Waals surface area contributed by atoms with Gasteiger partial charge in [-0.05, 0) is 36.1 Å². The second kappa shape index (κ2) is 4.94. The highest BCUT2D eigenvalue weighted by atomic mass is 35.5. The Bertz CT molecular complexity index is 436. The van der Waals surface area contributed by atoms with Crippen LogP contribution >= 0.6 is 11.6 Å². The van der Waals surface area contributed by atoms with Gasteiger partial charge in [0.05, 0.1) is 12.6 Å². The van der Waals surface area contributed by atoms with Crippen LogP contribution < -0.4 is 0 Å². The molecule has 0 spiro atoms. The highest BCUT2D eigenvalue weighted by molar-refractivity contribution is 6.30. The van der Waals surface area contributed by atoms with Crippen LogP contribution in [-0.2, 0) is 6.61 Å². The summed E-state index contributed by atoms with van der Waals surface area (Å²) in [6, 6.07) is 5.01. The lowest BCUT2D eigenvalue weighted by Crippen LogP contribution is -2.29. The normalized spacial score (nSPS) is 19.6. The van der Waals surface area contributed by atoms with E-state index in [9.17, 15) is 9.90 Å². The molecule has 5 heteroatoms. The zero-order chi connectivity index (χ0) is 12.4. The van der Waals surface area contributed by atoms with E-state index in [1.165, 1.54) is 4.90 Å². The van der Waals surface area contributed by atoms with Crippen LogP contribution in [0.25, 0.3) is 0 Å². The lowest BCUT2D eigenvalue weighted by atomic mass is 9.99. The SMILES string of the molecule is O=C(O)N1CCCC1c1cc(Cl)ccc1CO. The molecule has 1 unspecified atom stereocenters. The minimum absolute atomic E-state index is 0.101. The van der Waals surface area contributed by atoms with E-state index in [2.05, 4.69) is 0 Å². The summed E-state index contributed by atoms with van der Waals surface area (Å²) in [6.07, 6.45) is 0.699. The van der Waals surface area contributed by atoms with Crippen LogP contribution in [0, 0.1) is 0 Å². The van der Waals surface area contributed by atoms with Crippen molar-refractivity contribution in [3.63, 3.8) is 0 Å². The topological polar surface area (TPSA) is 60.8 Å². The summed E-state index contributed by atoms with van der Waals surface area (Å²) >= 11 is 5.93. The maximum Gasteiger partial charge on any atom is 0.407 e.